The number of rotatable bonds is 2. The number of hydrogen-bond acceptors (Lipinski definition) is 5. The first-order valence-electron chi connectivity index (χ1n) is 10.8. The zero-order valence-electron chi connectivity index (χ0n) is 18.2. The van der Waals surface area contributed by atoms with E-state index >= 15 is 0 Å². The number of piperazine rings is 1. The van der Waals surface area contributed by atoms with Crippen LogP contribution < -0.4 is 10.5 Å². The van der Waals surface area contributed by atoms with E-state index in [9.17, 15) is 9.59 Å². The van der Waals surface area contributed by atoms with E-state index in [2.05, 4.69) is 18.7 Å². The number of nitrogens with zero attached hydrogens (tertiary/aromatic N) is 4. The summed E-state index contributed by atoms with van der Waals surface area (Å²) in [5.74, 6) is 0.951. The molecule has 1 aliphatic heterocycles. The molecular formula is C22H32N4O2S. The zero-order valence-corrected chi connectivity index (χ0v) is 19.1. The van der Waals surface area contributed by atoms with Crippen LogP contribution in [0.4, 0.5) is 5.95 Å². The van der Waals surface area contributed by atoms with Crippen LogP contribution in [0.1, 0.15) is 63.9 Å². The summed E-state index contributed by atoms with van der Waals surface area (Å²) in [6, 6.07) is 0.0442. The largest absolute Gasteiger partial charge is 0.339 e. The molecule has 2 aromatic heterocycles. The number of thiophene rings is 1. The molecule has 0 N–H and O–H groups in total. The second-order valence-electron chi connectivity index (χ2n) is 9.60. The van der Waals surface area contributed by atoms with Gasteiger partial charge in [-0.25, -0.2) is 4.98 Å². The van der Waals surface area contributed by atoms with Crippen molar-refractivity contribution in [2.45, 2.75) is 66.3 Å². The second kappa shape index (κ2) is 7.42. The highest BCUT2D eigenvalue weighted by Gasteiger charge is 2.31. The molecule has 2 aliphatic rings. The standard InChI is InChI=1S/C22H32N4O2S/c1-14(2)26-19(27)17-15-8-6-7-9-16(15)29-18(17)23-21(26)25-12-10-24(11-13-25)20(28)22(3,4)5/h14H,6-13H2,1-5H3. The number of carbonyl (C=O) groups excluding carboxylic acids is 1. The molecule has 4 rings (SSSR count). The van der Waals surface area contributed by atoms with Gasteiger partial charge in [0.05, 0.1) is 5.39 Å². The first-order chi connectivity index (χ1) is 13.7. The Labute approximate surface area is 176 Å². The Kier molecular flexibility index (Phi) is 5.21. The number of carbonyl (C=O) groups is 1. The number of hydrogen-bond donors (Lipinski definition) is 0. The monoisotopic (exact) mass is 416 g/mol. The van der Waals surface area contributed by atoms with Crippen LogP contribution in [0.15, 0.2) is 4.79 Å². The topological polar surface area (TPSA) is 58.4 Å². The smallest absolute Gasteiger partial charge is 0.264 e. The first kappa shape index (κ1) is 20.4. The van der Waals surface area contributed by atoms with Crippen LogP contribution in [-0.2, 0) is 17.6 Å². The Hall–Kier alpha value is -1.89. The lowest BCUT2D eigenvalue weighted by atomic mass is 9.94. The summed E-state index contributed by atoms with van der Waals surface area (Å²) in [5, 5.41) is 0.851. The fourth-order valence-corrected chi connectivity index (χ4v) is 5.73. The molecule has 0 unspecified atom stereocenters. The van der Waals surface area contributed by atoms with Crippen molar-refractivity contribution in [3.8, 4) is 0 Å². The van der Waals surface area contributed by atoms with Crippen molar-refractivity contribution < 1.29 is 4.79 Å². The molecule has 3 heterocycles. The maximum absolute atomic E-state index is 13.5. The molecule has 1 fully saturated rings. The van der Waals surface area contributed by atoms with Gasteiger partial charge in [0.25, 0.3) is 5.56 Å². The summed E-state index contributed by atoms with van der Waals surface area (Å²) in [4.78, 5) is 37.5. The average molecular weight is 417 g/mol. The highest BCUT2D eigenvalue weighted by Crippen LogP contribution is 2.35. The summed E-state index contributed by atoms with van der Waals surface area (Å²) in [6.45, 7) is 12.7. The third-order valence-electron chi connectivity index (χ3n) is 6.01. The minimum Gasteiger partial charge on any atom is -0.339 e. The zero-order chi connectivity index (χ0) is 20.9. The molecule has 1 aliphatic carbocycles. The van der Waals surface area contributed by atoms with E-state index in [0.717, 1.165) is 35.4 Å². The molecule has 0 spiro atoms. The molecule has 7 heteroatoms. The summed E-state index contributed by atoms with van der Waals surface area (Å²) in [5.41, 5.74) is 0.984. The van der Waals surface area contributed by atoms with E-state index in [0.29, 0.717) is 26.2 Å². The van der Waals surface area contributed by atoms with E-state index in [-0.39, 0.29) is 22.9 Å². The Morgan fingerprint density at radius 3 is 2.34 bits per heavy atom. The van der Waals surface area contributed by atoms with E-state index in [1.807, 2.05) is 30.2 Å². The van der Waals surface area contributed by atoms with Crippen LogP contribution in [0.2, 0.25) is 0 Å². The van der Waals surface area contributed by atoms with Crippen LogP contribution in [0.5, 0.6) is 0 Å². The highest BCUT2D eigenvalue weighted by molar-refractivity contribution is 7.18. The fraction of sp³-hybridized carbons (Fsp3) is 0.682. The number of fused-ring (bicyclic) bond motifs is 3. The van der Waals surface area contributed by atoms with Crippen LogP contribution in [0, 0.1) is 5.41 Å². The minimum absolute atomic E-state index is 0.0442. The predicted octanol–water partition coefficient (Wildman–Crippen LogP) is 3.61. The third kappa shape index (κ3) is 3.58. The van der Waals surface area contributed by atoms with Crippen LogP contribution in [0.3, 0.4) is 0 Å². The van der Waals surface area contributed by atoms with Gasteiger partial charge in [0.2, 0.25) is 11.9 Å². The number of aromatic nitrogens is 2. The van der Waals surface area contributed by atoms with E-state index in [1.165, 1.54) is 16.9 Å². The summed E-state index contributed by atoms with van der Waals surface area (Å²) in [6.07, 6.45) is 4.43. The van der Waals surface area contributed by atoms with Crippen molar-refractivity contribution in [3.05, 3.63) is 20.8 Å². The van der Waals surface area contributed by atoms with Crippen molar-refractivity contribution in [3.63, 3.8) is 0 Å². The maximum atomic E-state index is 13.5. The highest BCUT2D eigenvalue weighted by atomic mass is 32.1. The third-order valence-corrected chi connectivity index (χ3v) is 7.20. The molecule has 0 bridgehead atoms. The van der Waals surface area contributed by atoms with Gasteiger partial charge in [0.15, 0.2) is 0 Å². The SMILES string of the molecule is CC(C)n1c(N2CCN(C(=O)C(C)(C)C)CC2)nc2sc3c(c2c1=O)CCCC3. The van der Waals surface area contributed by atoms with Gasteiger partial charge in [-0.1, -0.05) is 20.8 Å². The van der Waals surface area contributed by atoms with Gasteiger partial charge in [0.1, 0.15) is 4.83 Å². The van der Waals surface area contributed by atoms with Gasteiger partial charge in [-0.15, -0.1) is 11.3 Å². The van der Waals surface area contributed by atoms with E-state index in [4.69, 9.17) is 4.98 Å². The molecule has 2 aromatic rings. The predicted molar refractivity (Wildman–Crippen MR) is 119 cm³/mol. The van der Waals surface area contributed by atoms with E-state index in [1.54, 1.807) is 11.3 Å². The molecule has 1 amide bonds. The van der Waals surface area contributed by atoms with Gasteiger partial charge in [-0.2, -0.15) is 0 Å². The van der Waals surface area contributed by atoms with Gasteiger partial charge in [-0.3, -0.25) is 14.2 Å². The molecule has 1 saturated heterocycles. The molecule has 29 heavy (non-hydrogen) atoms. The quantitative estimate of drug-likeness (QED) is 0.750. The lowest BCUT2D eigenvalue weighted by Gasteiger charge is -2.38. The Balaban J connectivity index is 1.70. The van der Waals surface area contributed by atoms with E-state index < -0.39 is 0 Å². The van der Waals surface area contributed by atoms with Crippen LogP contribution in [0.25, 0.3) is 10.2 Å². The van der Waals surface area contributed by atoms with Gasteiger partial charge in [-0.05, 0) is 45.1 Å². The van der Waals surface area contributed by atoms with Gasteiger partial charge < -0.3 is 9.80 Å². The van der Waals surface area contributed by atoms with Crippen LogP contribution >= 0.6 is 11.3 Å². The van der Waals surface area contributed by atoms with Gasteiger partial charge in [0, 0.05) is 42.5 Å². The molecule has 6 nitrogen and oxygen atoms in total. The molecule has 0 atom stereocenters. The lowest BCUT2D eigenvalue weighted by molar-refractivity contribution is -0.139. The maximum Gasteiger partial charge on any atom is 0.264 e. The normalized spacial score (nSPS) is 17.9. The Morgan fingerprint density at radius 2 is 1.72 bits per heavy atom. The molecule has 0 radical (unpaired) electrons. The lowest BCUT2D eigenvalue weighted by Crippen LogP contribution is -2.52. The summed E-state index contributed by atoms with van der Waals surface area (Å²) in [7, 11) is 0. The van der Waals surface area contributed by atoms with Crippen molar-refractivity contribution in [2.24, 2.45) is 5.41 Å². The number of aryl methyl sites for hydroxylation is 2. The van der Waals surface area contributed by atoms with Gasteiger partial charge >= 0.3 is 0 Å². The van der Waals surface area contributed by atoms with Crippen molar-refractivity contribution in [1.29, 1.82) is 0 Å². The van der Waals surface area contributed by atoms with Crippen molar-refractivity contribution in [2.75, 3.05) is 31.1 Å². The molecule has 158 valence electrons. The number of anilines is 1. The Morgan fingerprint density at radius 1 is 1.07 bits per heavy atom. The van der Waals surface area contributed by atoms with Crippen LogP contribution in [-0.4, -0.2) is 46.5 Å². The molecular weight excluding hydrogens is 384 g/mol. The average Bonchev–Trinajstić information content (AvgIpc) is 3.05. The second-order valence-corrected chi connectivity index (χ2v) is 10.7. The first-order valence-corrected chi connectivity index (χ1v) is 11.6. The Bertz CT molecular complexity index is 991. The molecule has 0 aromatic carbocycles. The van der Waals surface area contributed by atoms with Crippen molar-refractivity contribution >= 4 is 33.4 Å². The summed E-state index contributed by atoms with van der Waals surface area (Å²) < 4.78 is 1.87. The number of amides is 1. The van der Waals surface area contributed by atoms with Crippen molar-refractivity contribution in [1.82, 2.24) is 14.5 Å². The molecule has 0 saturated carbocycles. The fourth-order valence-electron chi connectivity index (χ4n) is 4.48. The summed E-state index contributed by atoms with van der Waals surface area (Å²) >= 11 is 1.71. The minimum atomic E-state index is -0.366.